The van der Waals surface area contributed by atoms with Crippen molar-refractivity contribution in [2.45, 2.75) is 12.8 Å². The van der Waals surface area contributed by atoms with Crippen LogP contribution >= 0.6 is 0 Å². The Morgan fingerprint density at radius 3 is 2.80 bits per heavy atom. The van der Waals surface area contributed by atoms with E-state index in [1.165, 1.54) is 0 Å². The van der Waals surface area contributed by atoms with Crippen molar-refractivity contribution in [2.24, 2.45) is 5.92 Å². The average molecular weight is 278 g/mol. The highest BCUT2D eigenvalue weighted by atomic mass is 16.5. The first kappa shape index (κ1) is 14.9. The van der Waals surface area contributed by atoms with E-state index in [2.05, 4.69) is 9.88 Å². The van der Waals surface area contributed by atoms with Gasteiger partial charge in [-0.15, -0.1) is 0 Å². The lowest BCUT2D eigenvalue weighted by molar-refractivity contribution is -0.148. The van der Waals surface area contributed by atoms with Gasteiger partial charge in [-0.1, -0.05) is 0 Å². The van der Waals surface area contributed by atoms with Gasteiger partial charge in [-0.25, -0.2) is 0 Å². The number of hydrogen-bond donors (Lipinski definition) is 0. The van der Waals surface area contributed by atoms with Crippen LogP contribution in [0.2, 0.25) is 0 Å². The second-order valence-corrected chi connectivity index (χ2v) is 5.00. The Morgan fingerprint density at radius 1 is 1.40 bits per heavy atom. The Hall–Kier alpha value is -1.46. The SMILES string of the molecule is CCOC(=O)C1CN(CCOC)CC1c1ccncc1. The molecule has 2 unspecified atom stereocenters. The maximum atomic E-state index is 12.2. The predicted molar refractivity (Wildman–Crippen MR) is 75.4 cm³/mol. The van der Waals surface area contributed by atoms with Gasteiger partial charge in [0.05, 0.1) is 19.1 Å². The first-order chi connectivity index (χ1) is 9.76. The minimum atomic E-state index is -0.103. The number of nitrogens with zero attached hydrogens (tertiary/aromatic N) is 2. The highest BCUT2D eigenvalue weighted by molar-refractivity contribution is 5.74. The molecule has 0 N–H and O–H groups in total. The maximum absolute atomic E-state index is 12.2. The number of hydrogen-bond acceptors (Lipinski definition) is 5. The standard InChI is InChI=1S/C15H22N2O3/c1-3-20-15(18)14-11-17(8-9-19-2)10-13(14)12-4-6-16-7-5-12/h4-7,13-14H,3,8-11H2,1-2H3. The molecule has 0 bridgehead atoms. The number of likely N-dealkylation sites (tertiary alicyclic amines) is 1. The zero-order valence-electron chi connectivity index (χ0n) is 12.1. The fourth-order valence-electron chi connectivity index (χ4n) is 2.72. The lowest BCUT2D eigenvalue weighted by Gasteiger charge is -2.17. The molecule has 5 nitrogen and oxygen atoms in total. The summed E-state index contributed by atoms with van der Waals surface area (Å²) in [6.45, 7) is 5.38. The molecule has 1 fully saturated rings. The third-order valence-corrected chi connectivity index (χ3v) is 3.73. The third kappa shape index (κ3) is 3.55. The van der Waals surface area contributed by atoms with Crippen molar-refractivity contribution in [1.29, 1.82) is 0 Å². The van der Waals surface area contributed by atoms with Gasteiger partial charge in [0, 0.05) is 45.1 Å². The maximum Gasteiger partial charge on any atom is 0.310 e. The Kier molecular flexibility index (Phi) is 5.49. The molecule has 0 saturated carbocycles. The van der Waals surface area contributed by atoms with Crippen LogP contribution in [-0.2, 0) is 14.3 Å². The summed E-state index contributed by atoms with van der Waals surface area (Å²) in [5.41, 5.74) is 1.15. The summed E-state index contributed by atoms with van der Waals surface area (Å²) >= 11 is 0. The molecule has 110 valence electrons. The van der Waals surface area contributed by atoms with Gasteiger partial charge in [0.2, 0.25) is 0 Å². The summed E-state index contributed by atoms with van der Waals surface area (Å²) in [6, 6.07) is 3.97. The molecule has 2 atom stereocenters. The van der Waals surface area contributed by atoms with Gasteiger partial charge in [0.25, 0.3) is 0 Å². The lowest BCUT2D eigenvalue weighted by atomic mass is 9.90. The summed E-state index contributed by atoms with van der Waals surface area (Å²) in [5, 5.41) is 0. The van der Waals surface area contributed by atoms with Crippen LogP contribution in [0.3, 0.4) is 0 Å². The van der Waals surface area contributed by atoms with Crippen LogP contribution in [-0.4, -0.2) is 55.8 Å². The Bertz CT molecular complexity index is 424. The molecule has 0 aliphatic carbocycles. The summed E-state index contributed by atoms with van der Waals surface area (Å²) in [6.07, 6.45) is 3.55. The van der Waals surface area contributed by atoms with Crippen molar-refractivity contribution in [3.8, 4) is 0 Å². The van der Waals surface area contributed by atoms with E-state index < -0.39 is 0 Å². The van der Waals surface area contributed by atoms with E-state index in [1.54, 1.807) is 19.5 Å². The van der Waals surface area contributed by atoms with Gasteiger partial charge in [-0.2, -0.15) is 0 Å². The first-order valence-electron chi connectivity index (χ1n) is 7.04. The van der Waals surface area contributed by atoms with Gasteiger partial charge >= 0.3 is 5.97 Å². The van der Waals surface area contributed by atoms with Gasteiger partial charge in [0.1, 0.15) is 0 Å². The molecule has 0 radical (unpaired) electrons. The molecule has 0 aromatic carbocycles. The predicted octanol–water partition coefficient (Wildman–Crippen LogP) is 1.31. The third-order valence-electron chi connectivity index (χ3n) is 3.73. The van der Waals surface area contributed by atoms with Crippen molar-refractivity contribution >= 4 is 5.97 Å². The topological polar surface area (TPSA) is 51.7 Å². The van der Waals surface area contributed by atoms with E-state index in [0.29, 0.717) is 13.2 Å². The Morgan fingerprint density at radius 2 is 2.15 bits per heavy atom. The van der Waals surface area contributed by atoms with Crippen molar-refractivity contribution in [1.82, 2.24) is 9.88 Å². The molecule has 2 heterocycles. The van der Waals surface area contributed by atoms with E-state index in [-0.39, 0.29) is 17.8 Å². The molecule has 2 rings (SSSR count). The van der Waals surface area contributed by atoms with Crippen LogP contribution in [0, 0.1) is 5.92 Å². The number of rotatable bonds is 6. The Labute approximate surface area is 119 Å². The van der Waals surface area contributed by atoms with E-state index in [0.717, 1.165) is 25.2 Å². The van der Waals surface area contributed by atoms with Crippen LogP contribution in [0.5, 0.6) is 0 Å². The molecule has 1 aliphatic rings. The van der Waals surface area contributed by atoms with E-state index in [1.807, 2.05) is 19.1 Å². The molecule has 5 heteroatoms. The smallest absolute Gasteiger partial charge is 0.310 e. The van der Waals surface area contributed by atoms with Crippen LogP contribution < -0.4 is 0 Å². The van der Waals surface area contributed by atoms with Crippen molar-refractivity contribution in [3.63, 3.8) is 0 Å². The Balaban J connectivity index is 2.11. The molecule has 0 spiro atoms. The molecule has 1 aromatic heterocycles. The lowest BCUT2D eigenvalue weighted by Crippen LogP contribution is -2.27. The number of carbonyl (C=O) groups excluding carboxylic acids is 1. The van der Waals surface area contributed by atoms with Crippen molar-refractivity contribution in [3.05, 3.63) is 30.1 Å². The fraction of sp³-hybridized carbons (Fsp3) is 0.600. The largest absolute Gasteiger partial charge is 0.466 e. The van der Waals surface area contributed by atoms with Crippen LogP contribution in [0.15, 0.2) is 24.5 Å². The van der Waals surface area contributed by atoms with Gasteiger partial charge in [-0.3, -0.25) is 14.7 Å². The van der Waals surface area contributed by atoms with Crippen LogP contribution in [0.4, 0.5) is 0 Å². The summed E-state index contributed by atoms with van der Waals surface area (Å²) in [4.78, 5) is 18.5. The van der Waals surface area contributed by atoms with Crippen LogP contribution in [0.25, 0.3) is 0 Å². The molecular weight excluding hydrogens is 256 g/mol. The minimum absolute atomic E-state index is 0.103. The molecular formula is C15H22N2O3. The minimum Gasteiger partial charge on any atom is -0.466 e. The summed E-state index contributed by atoms with van der Waals surface area (Å²) in [5.74, 6) is -0.0302. The van der Waals surface area contributed by atoms with Gasteiger partial charge < -0.3 is 9.47 Å². The van der Waals surface area contributed by atoms with Crippen molar-refractivity contribution in [2.75, 3.05) is 40.0 Å². The second-order valence-electron chi connectivity index (χ2n) is 5.00. The van der Waals surface area contributed by atoms with E-state index in [4.69, 9.17) is 9.47 Å². The van der Waals surface area contributed by atoms with Crippen LogP contribution in [0.1, 0.15) is 18.4 Å². The molecule has 1 aromatic rings. The quantitative estimate of drug-likeness (QED) is 0.734. The highest BCUT2D eigenvalue weighted by Crippen LogP contribution is 2.33. The average Bonchev–Trinajstić information content (AvgIpc) is 2.90. The summed E-state index contributed by atoms with van der Waals surface area (Å²) in [7, 11) is 1.69. The van der Waals surface area contributed by atoms with Gasteiger partial charge in [-0.05, 0) is 24.6 Å². The zero-order valence-corrected chi connectivity index (χ0v) is 12.1. The summed E-state index contributed by atoms with van der Waals surface area (Å²) < 4.78 is 10.3. The molecule has 20 heavy (non-hydrogen) atoms. The first-order valence-corrected chi connectivity index (χ1v) is 7.04. The fourth-order valence-corrected chi connectivity index (χ4v) is 2.72. The number of ether oxygens (including phenoxy) is 2. The number of methoxy groups -OCH3 is 1. The number of pyridine rings is 1. The molecule has 1 aliphatic heterocycles. The highest BCUT2D eigenvalue weighted by Gasteiger charge is 2.39. The second kappa shape index (κ2) is 7.36. The monoisotopic (exact) mass is 278 g/mol. The van der Waals surface area contributed by atoms with Gasteiger partial charge in [0.15, 0.2) is 0 Å². The zero-order chi connectivity index (χ0) is 14.4. The number of esters is 1. The number of aromatic nitrogens is 1. The molecule has 0 amide bonds. The van der Waals surface area contributed by atoms with E-state index in [9.17, 15) is 4.79 Å². The normalized spacial score (nSPS) is 22.9. The van der Waals surface area contributed by atoms with Crippen molar-refractivity contribution < 1.29 is 14.3 Å². The molecule has 1 saturated heterocycles. The van der Waals surface area contributed by atoms with E-state index >= 15 is 0 Å². The number of carbonyl (C=O) groups is 1.